The molecule has 0 radical (unpaired) electrons. The molecule has 1 rings (SSSR count). The van der Waals surface area contributed by atoms with Crippen LogP contribution in [0.1, 0.15) is 13.3 Å². The molecule has 0 fully saturated rings. The number of allylic oxidation sites excluding steroid dienone is 6. The first-order valence-corrected chi connectivity index (χ1v) is 4.63. The summed E-state index contributed by atoms with van der Waals surface area (Å²) in [6, 6.07) is 0. The Morgan fingerprint density at radius 3 is 2.71 bits per heavy atom. The van der Waals surface area contributed by atoms with Crippen LogP contribution in [0.4, 0.5) is 0 Å². The number of rotatable bonds is 1. The Morgan fingerprint density at radius 1 is 1.14 bits per heavy atom. The Balaban J connectivity index is 2.64. The highest BCUT2D eigenvalue weighted by atomic mass is 16.5. The number of hydrogen-bond donors (Lipinski definition) is 0. The van der Waals surface area contributed by atoms with E-state index >= 15 is 0 Å². The van der Waals surface area contributed by atoms with Crippen LogP contribution >= 0.6 is 0 Å². The van der Waals surface area contributed by atoms with Crippen molar-refractivity contribution in [2.24, 2.45) is 0 Å². The van der Waals surface area contributed by atoms with Gasteiger partial charge >= 0.3 is 5.97 Å². The fourth-order valence-corrected chi connectivity index (χ4v) is 1.08. The average molecular weight is 190 g/mol. The van der Waals surface area contributed by atoms with Crippen LogP contribution in [0.25, 0.3) is 0 Å². The fraction of sp³-hybridized carbons (Fsp3) is 0.250. The molecule has 2 nitrogen and oxygen atoms in total. The van der Waals surface area contributed by atoms with Crippen molar-refractivity contribution < 1.29 is 9.53 Å². The minimum Gasteiger partial charge on any atom is -0.454 e. The standard InChI is InChI=1S/C12H14O2/c1-11(13)14-12-9-7-5-3-2-4-6-8-10-12/h2-5,7-10,12H,6H2,1H3/b4-2-,5-3-,9-7-,10-8-. The SMILES string of the molecule is CC(=O)OC1\C=C/C=C\C=C/C/C=C\1. The van der Waals surface area contributed by atoms with E-state index in [-0.39, 0.29) is 12.1 Å². The fourth-order valence-electron chi connectivity index (χ4n) is 1.08. The van der Waals surface area contributed by atoms with Crippen LogP contribution in [0, 0.1) is 0 Å². The Morgan fingerprint density at radius 2 is 1.93 bits per heavy atom. The van der Waals surface area contributed by atoms with Gasteiger partial charge in [0.1, 0.15) is 6.10 Å². The predicted molar refractivity (Wildman–Crippen MR) is 56.7 cm³/mol. The third-order valence-electron chi connectivity index (χ3n) is 1.67. The Hall–Kier alpha value is -1.57. The van der Waals surface area contributed by atoms with E-state index < -0.39 is 0 Å². The lowest BCUT2D eigenvalue weighted by Gasteiger charge is -2.07. The monoisotopic (exact) mass is 190 g/mol. The van der Waals surface area contributed by atoms with Crippen LogP contribution in [0.5, 0.6) is 0 Å². The largest absolute Gasteiger partial charge is 0.454 e. The van der Waals surface area contributed by atoms with Crippen LogP contribution in [-0.2, 0) is 9.53 Å². The molecule has 14 heavy (non-hydrogen) atoms. The molecule has 0 amide bonds. The summed E-state index contributed by atoms with van der Waals surface area (Å²) in [5.41, 5.74) is 0. The van der Waals surface area contributed by atoms with E-state index in [1.165, 1.54) is 6.92 Å². The Labute approximate surface area is 84.3 Å². The molecule has 1 aliphatic rings. The maximum Gasteiger partial charge on any atom is 0.303 e. The van der Waals surface area contributed by atoms with Gasteiger partial charge in [0.15, 0.2) is 0 Å². The van der Waals surface area contributed by atoms with E-state index in [4.69, 9.17) is 4.74 Å². The summed E-state index contributed by atoms with van der Waals surface area (Å²) in [5, 5.41) is 0. The maximum absolute atomic E-state index is 10.7. The number of esters is 1. The zero-order chi connectivity index (χ0) is 10.2. The zero-order valence-corrected chi connectivity index (χ0v) is 8.22. The van der Waals surface area contributed by atoms with Gasteiger partial charge in [-0.15, -0.1) is 0 Å². The van der Waals surface area contributed by atoms with Gasteiger partial charge in [0.05, 0.1) is 0 Å². The summed E-state index contributed by atoms with van der Waals surface area (Å²) >= 11 is 0. The highest BCUT2D eigenvalue weighted by Crippen LogP contribution is 2.01. The van der Waals surface area contributed by atoms with Gasteiger partial charge in [-0.3, -0.25) is 4.79 Å². The first kappa shape index (κ1) is 10.5. The van der Waals surface area contributed by atoms with Gasteiger partial charge in [-0.05, 0) is 18.6 Å². The number of ether oxygens (including phenoxy) is 1. The van der Waals surface area contributed by atoms with Gasteiger partial charge < -0.3 is 4.74 Å². The molecule has 74 valence electrons. The lowest BCUT2D eigenvalue weighted by Crippen LogP contribution is -2.10. The topological polar surface area (TPSA) is 26.3 Å². The molecule has 0 aliphatic heterocycles. The molecule has 2 heteroatoms. The highest BCUT2D eigenvalue weighted by Gasteiger charge is 2.02. The van der Waals surface area contributed by atoms with E-state index in [0.29, 0.717) is 0 Å². The van der Waals surface area contributed by atoms with Crippen molar-refractivity contribution in [3.63, 3.8) is 0 Å². The second-order valence-electron chi connectivity index (χ2n) is 2.94. The second kappa shape index (κ2) is 5.97. The quantitative estimate of drug-likeness (QED) is 0.469. The van der Waals surface area contributed by atoms with Crippen molar-refractivity contribution in [3.05, 3.63) is 48.6 Å². The lowest BCUT2D eigenvalue weighted by atomic mass is 10.2. The van der Waals surface area contributed by atoms with E-state index in [1.54, 1.807) is 0 Å². The highest BCUT2D eigenvalue weighted by molar-refractivity contribution is 5.66. The van der Waals surface area contributed by atoms with E-state index in [9.17, 15) is 4.79 Å². The van der Waals surface area contributed by atoms with Gasteiger partial charge in [0, 0.05) is 6.92 Å². The molecule has 0 spiro atoms. The first-order chi connectivity index (χ1) is 6.79. The molecule has 0 saturated heterocycles. The van der Waals surface area contributed by atoms with Crippen LogP contribution in [-0.4, -0.2) is 12.1 Å². The summed E-state index contributed by atoms with van der Waals surface area (Å²) in [5.74, 6) is -0.263. The van der Waals surface area contributed by atoms with Crippen molar-refractivity contribution in [3.8, 4) is 0 Å². The van der Waals surface area contributed by atoms with Gasteiger partial charge in [-0.2, -0.15) is 0 Å². The molecule has 0 bridgehead atoms. The Kier molecular flexibility index (Phi) is 4.48. The molecule has 1 unspecified atom stereocenters. The molecule has 0 aromatic rings. The molecule has 0 N–H and O–H groups in total. The van der Waals surface area contributed by atoms with E-state index in [2.05, 4.69) is 0 Å². The third kappa shape index (κ3) is 4.45. The smallest absolute Gasteiger partial charge is 0.303 e. The summed E-state index contributed by atoms with van der Waals surface area (Å²) in [6.45, 7) is 1.41. The molecule has 0 heterocycles. The molecule has 0 saturated carbocycles. The summed E-state index contributed by atoms with van der Waals surface area (Å²) in [6.07, 6.45) is 16.1. The van der Waals surface area contributed by atoms with E-state index in [0.717, 1.165) is 6.42 Å². The molecule has 1 atom stereocenters. The molecule has 1 aliphatic carbocycles. The van der Waals surface area contributed by atoms with Crippen molar-refractivity contribution in [1.29, 1.82) is 0 Å². The summed E-state index contributed by atoms with van der Waals surface area (Å²) in [7, 11) is 0. The first-order valence-electron chi connectivity index (χ1n) is 4.63. The zero-order valence-electron chi connectivity index (χ0n) is 8.22. The van der Waals surface area contributed by atoms with Crippen LogP contribution in [0.15, 0.2) is 48.6 Å². The molecular formula is C12H14O2. The number of hydrogen-bond acceptors (Lipinski definition) is 2. The second-order valence-corrected chi connectivity index (χ2v) is 2.94. The van der Waals surface area contributed by atoms with Crippen molar-refractivity contribution >= 4 is 5.97 Å². The van der Waals surface area contributed by atoms with Crippen molar-refractivity contribution in [2.45, 2.75) is 19.4 Å². The van der Waals surface area contributed by atoms with Gasteiger partial charge in [0.2, 0.25) is 0 Å². The number of carbonyl (C=O) groups is 1. The maximum atomic E-state index is 10.7. The molecule has 0 aromatic heterocycles. The van der Waals surface area contributed by atoms with Crippen molar-refractivity contribution in [2.75, 3.05) is 0 Å². The Bertz CT molecular complexity index is 295. The van der Waals surface area contributed by atoms with Crippen molar-refractivity contribution in [1.82, 2.24) is 0 Å². The minimum absolute atomic E-state index is 0.247. The lowest BCUT2D eigenvalue weighted by molar-refractivity contribution is -0.142. The number of carbonyl (C=O) groups excluding carboxylic acids is 1. The average Bonchev–Trinajstić information content (AvgIpc) is 2.15. The molecular weight excluding hydrogens is 176 g/mol. The third-order valence-corrected chi connectivity index (χ3v) is 1.67. The van der Waals surface area contributed by atoms with Crippen LogP contribution in [0.2, 0.25) is 0 Å². The van der Waals surface area contributed by atoms with Gasteiger partial charge in [-0.1, -0.05) is 36.5 Å². The molecule has 0 aromatic carbocycles. The van der Waals surface area contributed by atoms with Crippen LogP contribution < -0.4 is 0 Å². The summed E-state index contributed by atoms with van der Waals surface area (Å²) < 4.78 is 5.05. The minimum atomic E-state index is -0.263. The van der Waals surface area contributed by atoms with E-state index in [1.807, 2.05) is 48.6 Å². The van der Waals surface area contributed by atoms with Gasteiger partial charge in [0.25, 0.3) is 0 Å². The normalized spacial score (nSPS) is 29.9. The predicted octanol–water partition coefficient (Wildman–Crippen LogP) is 2.55. The van der Waals surface area contributed by atoms with Crippen LogP contribution in [0.3, 0.4) is 0 Å². The van der Waals surface area contributed by atoms with Gasteiger partial charge in [-0.25, -0.2) is 0 Å². The summed E-state index contributed by atoms with van der Waals surface area (Å²) in [4.78, 5) is 10.7.